The van der Waals surface area contributed by atoms with Crippen LogP contribution in [0.2, 0.25) is 0 Å². The van der Waals surface area contributed by atoms with Gasteiger partial charge >= 0.3 is 11.9 Å². The summed E-state index contributed by atoms with van der Waals surface area (Å²) in [6.45, 7) is 3.22. The number of rotatable bonds is 12. The van der Waals surface area contributed by atoms with Crippen LogP contribution in [0.1, 0.15) is 30.9 Å². The van der Waals surface area contributed by atoms with Crippen LogP contribution >= 0.6 is 0 Å². The minimum Gasteiger partial charge on any atom is -0.493 e. The minimum atomic E-state index is -0.927. The fourth-order valence-corrected chi connectivity index (χ4v) is 4.27. The highest BCUT2D eigenvalue weighted by Crippen LogP contribution is 2.40. The number of methoxy groups -OCH3 is 1. The molecule has 3 rings (SSSR count). The molecule has 0 bridgehead atoms. The highest BCUT2D eigenvalue weighted by atomic mass is 16.6. The number of nitro benzene ring substituents is 1. The molecule has 1 aliphatic heterocycles. The van der Waals surface area contributed by atoms with Crippen LogP contribution in [-0.4, -0.2) is 60.6 Å². The van der Waals surface area contributed by atoms with Crippen LogP contribution in [0.3, 0.4) is 0 Å². The van der Waals surface area contributed by atoms with Gasteiger partial charge in [0.05, 0.1) is 55.5 Å². The highest BCUT2D eigenvalue weighted by molar-refractivity contribution is 5.99. The van der Waals surface area contributed by atoms with E-state index in [9.17, 15) is 19.7 Å². The van der Waals surface area contributed by atoms with Gasteiger partial charge in [0.15, 0.2) is 0 Å². The van der Waals surface area contributed by atoms with E-state index in [1.165, 1.54) is 25.3 Å². The quantitative estimate of drug-likeness (QED) is 0.208. The molecule has 1 unspecified atom stereocenters. The molecule has 0 aromatic heterocycles. The van der Waals surface area contributed by atoms with Crippen LogP contribution < -0.4 is 10.1 Å². The summed E-state index contributed by atoms with van der Waals surface area (Å²) in [6, 6.07) is 12.9. The number of nitrogens with one attached hydrogen (secondary N) is 1. The van der Waals surface area contributed by atoms with E-state index < -0.39 is 22.8 Å². The van der Waals surface area contributed by atoms with Gasteiger partial charge in [-0.3, -0.25) is 10.1 Å². The van der Waals surface area contributed by atoms with Gasteiger partial charge < -0.3 is 29.7 Å². The summed E-state index contributed by atoms with van der Waals surface area (Å²) in [6.07, 6.45) is 0.405. The highest BCUT2D eigenvalue weighted by Gasteiger charge is 2.38. The third-order valence-electron chi connectivity index (χ3n) is 6.35. The van der Waals surface area contributed by atoms with Gasteiger partial charge in [0.1, 0.15) is 5.75 Å². The molecule has 1 atom stereocenters. The average Bonchev–Trinajstić information content (AvgIpc) is 2.93. The number of hydrogen-bond donors (Lipinski definition) is 3. The lowest BCUT2D eigenvalue weighted by Gasteiger charge is -2.30. The molecule has 0 amide bonds. The number of esters is 2. The van der Waals surface area contributed by atoms with Crippen molar-refractivity contribution >= 4 is 17.6 Å². The van der Waals surface area contributed by atoms with E-state index >= 15 is 0 Å². The molecule has 208 valence electrons. The van der Waals surface area contributed by atoms with Gasteiger partial charge in [-0.05, 0) is 37.1 Å². The number of nitro groups is 1. The van der Waals surface area contributed by atoms with Crippen molar-refractivity contribution in [3.8, 4) is 5.75 Å². The van der Waals surface area contributed by atoms with Crippen molar-refractivity contribution in [3.63, 3.8) is 0 Å². The third kappa shape index (κ3) is 7.21. The van der Waals surface area contributed by atoms with Crippen molar-refractivity contribution in [2.24, 2.45) is 5.92 Å². The number of ether oxygens (including phenoxy) is 3. The maximum absolute atomic E-state index is 13.3. The second-order valence-corrected chi connectivity index (χ2v) is 9.05. The number of carbonyl (C=O) groups is 2. The number of non-ortho nitro benzene ring substituents is 1. The Morgan fingerprint density at radius 3 is 2.26 bits per heavy atom. The van der Waals surface area contributed by atoms with E-state index in [1.807, 2.05) is 12.1 Å². The van der Waals surface area contributed by atoms with Gasteiger partial charge in [0.2, 0.25) is 0 Å². The standard InChI is InChI=1S/C28H32N2O9/c1-17-24(27(33)37-3)26(21-5-4-6-22(13-21)30(35)36)25(18(2)29-17)28(34)38-12-11-19-7-9-23(10-8-19)39-16-20(14-31)15-32/h4-10,13,20,26,29,31-32H,11-12,14-16H2,1-3H3. The predicted molar refractivity (Wildman–Crippen MR) is 141 cm³/mol. The lowest BCUT2D eigenvalue weighted by Crippen LogP contribution is -2.32. The second kappa shape index (κ2) is 13.5. The molecule has 0 saturated heterocycles. The zero-order chi connectivity index (χ0) is 28.5. The molecule has 2 aromatic carbocycles. The van der Waals surface area contributed by atoms with Crippen LogP contribution in [0.5, 0.6) is 5.75 Å². The van der Waals surface area contributed by atoms with Gasteiger partial charge in [-0.1, -0.05) is 24.3 Å². The van der Waals surface area contributed by atoms with Gasteiger partial charge in [0.25, 0.3) is 5.69 Å². The summed E-state index contributed by atoms with van der Waals surface area (Å²) >= 11 is 0. The van der Waals surface area contributed by atoms with Crippen molar-refractivity contribution in [2.45, 2.75) is 26.2 Å². The maximum Gasteiger partial charge on any atom is 0.336 e. The molecule has 39 heavy (non-hydrogen) atoms. The van der Waals surface area contributed by atoms with Crippen molar-refractivity contribution in [1.82, 2.24) is 5.32 Å². The SMILES string of the molecule is COC(=O)C1=C(C)NC(C)=C(C(=O)OCCc2ccc(OCC(CO)CO)cc2)C1c1cccc([N+](=O)[O-])c1. The summed E-state index contributed by atoms with van der Waals surface area (Å²) in [5.74, 6) is -2.04. The van der Waals surface area contributed by atoms with E-state index in [0.717, 1.165) is 5.56 Å². The molecule has 11 nitrogen and oxygen atoms in total. The van der Waals surface area contributed by atoms with Gasteiger partial charge in [0, 0.05) is 35.9 Å². The number of nitrogens with zero attached hydrogens (tertiary/aromatic N) is 1. The molecule has 11 heteroatoms. The zero-order valence-corrected chi connectivity index (χ0v) is 22.0. The van der Waals surface area contributed by atoms with E-state index in [2.05, 4.69) is 5.32 Å². The number of dihydropyridines is 1. The summed E-state index contributed by atoms with van der Waals surface area (Å²) in [4.78, 5) is 36.9. The normalized spacial score (nSPS) is 15.2. The van der Waals surface area contributed by atoms with Gasteiger partial charge in [-0.2, -0.15) is 0 Å². The lowest BCUT2D eigenvalue weighted by atomic mass is 9.80. The molecule has 1 aliphatic rings. The van der Waals surface area contributed by atoms with Gasteiger partial charge in [-0.15, -0.1) is 0 Å². The monoisotopic (exact) mass is 540 g/mol. The molecule has 0 spiro atoms. The Hall–Kier alpha value is -4.22. The summed E-state index contributed by atoms with van der Waals surface area (Å²) in [7, 11) is 1.23. The third-order valence-corrected chi connectivity index (χ3v) is 6.35. The average molecular weight is 541 g/mol. The lowest BCUT2D eigenvalue weighted by molar-refractivity contribution is -0.384. The number of allylic oxidation sites excluding steroid dienone is 2. The Bertz CT molecular complexity index is 1260. The first-order valence-electron chi connectivity index (χ1n) is 12.3. The number of carbonyl (C=O) groups excluding carboxylic acids is 2. The van der Waals surface area contributed by atoms with Crippen molar-refractivity contribution in [2.75, 3.05) is 33.5 Å². The zero-order valence-electron chi connectivity index (χ0n) is 22.0. The summed E-state index contributed by atoms with van der Waals surface area (Å²) in [5, 5.41) is 32.7. The Labute approximate surface area is 225 Å². The number of benzene rings is 2. The first kappa shape index (κ1) is 29.3. The Balaban J connectivity index is 1.76. The Kier molecular flexibility index (Phi) is 10.2. The summed E-state index contributed by atoms with van der Waals surface area (Å²) in [5.41, 5.74) is 2.35. The van der Waals surface area contributed by atoms with Crippen LogP contribution in [0.4, 0.5) is 5.69 Å². The molecule has 0 aliphatic carbocycles. The topological polar surface area (TPSA) is 157 Å². The minimum absolute atomic E-state index is 0.0465. The maximum atomic E-state index is 13.3. The van der Waals surface area contributed by atoms with Crippen LogP contribution in [0.25, 0.3) is 0 Å². The fraction of sp³-hybridized carbons (Fsp3) is 0.357. The molecule has 0 fully saturated rings. The molecule has 0 radical (unpaired) electrons. The number of aliphatic hydroxyl groups is 2. The van der Waals surface area contributed by atoms with Crippen molar-refractivity contribution in [1.29, 1.82) is 0 Å². The van der Waals surface area contributed by atoms with Crippen LogP contribution in [0, 0.1) is 16.0 Å². The molecule has 3 N–H and O–H groups in total. The van der Waals surface area contributed by atoms with Crippen LogP contribution in [-0.2, 0) is 25.5 Å². The van der Waals surface area contributed by atoms with E-state index in [4.69, 9.17) is 24.4 Å². The molecule has 2 aromatic rings. The van der Waals surface area contributed by atoms with E-state index in [0.29, 0.717) is 29.1 Å². The second-order valence-electron chi connectivity index (χ2n) is 9.05. The number of hydrogen-bond acceptors (Lipinski definition) is 10. The largest absolute Gasteiger partial charge is 0.493 e. The molecule has 1 heterocycles. The molecular formula is C28H32N2O9. The predicted octanol–water partition coefficient (Wildman–Crippen LogP) is 2.77. The molecule has 0 saturated carbocycles. The van der Waals surface area contributed by atoms with Crippen molar-refractivity contribution in [3.05, 3.63) is 92.3 Å². The first-order chi connectivity index (χ1) is 18.7. The first-order valence-corrected chi connectivity index (χ1v) is 12.3. The Morgan fingerprint density at radius 1 is 1.03 bits per heavy atom. The number of aliphatic hydroxyl groups excluding tert-OH is 2. The smallest absolute Gasteiger partial charge is 0.336 e. The Morgan fingerprint density at radius 2 is 1.67 bits per heavy atom. The van der Waals surface area contributed by atoms with E-state index in [1.54, 1.807) is 32.0 Å². The van der Waals surface area contributed by atoms with E-state index in [-0.39, 0.29) is 49.2 Å². The van der Waals surface area contributed by atoms with Gasteiger partial charge in [-0.25, -0.2) is 9.59 Å². The molecular weight excluding hydrogens is 508 g/mol. The van der Waals surface area contributed by atoms with Crippen LogP contribution in [0.15, 0.2) is 71.1 Å². The fourth-order valence-electron chi connectivity index (χ4n) is 4.27. The summed E-state index contributed by atoms with van der Waals surface area (Å²) < 4.78 is 16.1. The van der Waals surface area contributed by atoms with Crippen molar-refractivity contribution < 1.29 is 38.9 Å².